The summed E-state index contributed by atoms with van der Waals surface area (Å²) in [5.74, 6) is -0.140. The Morgan fingerprint density at radius 1 is 1.19 bits per heavy atom. The van der Waals surface area contributed by atoms with Crippen molar-refractivity contribution in [3.05, 3.63) is 52.3 Å². The van der Waals surface area contributed by atoms with Crippen LogP contribution < -0.4 is 9.80 Å². The number of carbonyl (C=O) groups is 1. The molecule has 1 aliphatic heterocycles. The number of nitrogens with zero attached hydrogens (tertiary/aromatic N) is 3. The molecule has 0 N–H and O–H groups in total. The summed E-state index contributed by atoms with van der Waals surface area (Å²) in [4.78, 5) is 20.5. The Balaban J connectivity index is 2.05. The normalized spacial score (nSPS) is 14.0. The Hall–Kier alpha value is -1.78. The van der Waals surface area contributed by atoms with Gasteiger partial charge in [0.05, 0.1) is 22.0 Å². The van der Waals surface area contributed by atoms with Crippen LogP contribution in [0.2, 0.25) is 10.0 Å². The molecule has 3 rings (SSSR count). The number of likely N-dealkylation sites (N-methyl/N-ethyl adjacent to an activating group) is 1. The molecule has 4 nitrogen and oxygen atoms in total. The van der Waals surface area contributed by atoms with Gasteiger partial charge in [-0.2, -0.15) is 0 Å². The maximum absolute atomic E-state index is 12.8. The Bertz CT molecular complexity index is 705. The van der Waals surface area contributed by atoms with Crippen LogP contribution in [0.1, 0.15) is 10.4 Å². The van der Waals surface area contributed by atoms with E-state index in [-0.39, 0.29) is 5.91 Å². The highest BCUT2D eigenvalue weighted by Gasteiger charge is 2.27. The smallest absolute Gasteiger partial charge is 0.260 e. The van der Waals surface area contributed by atoms with E-state index in [1.807, 2.05) is 19.2 Å². The molecular formula is C15H13Cl2N3O. The summed E-state index contributed by atoms with van der Waals surface area (Å²) in [6.07, 6.45) is 3.04. The molecule has 2 aromatic rings. The number of carbonyl (C=O) groups excluding carboxylic acids is 1. The average Bonchev–Trinajstić information content (AvgIpc) is 2.47. The SMILES string of the molecule is CN1CCN(C(=O)c2ccncc2Cl)c2cc(Cl)ccc21. The van der Waals surface area contributed by atoms with E-state index in [0.717, 1.165) is 17.9 Å². The van der Waals surface area contributed by atoms with Crippen LogP contribution >= 0.6 is 23.2 Å². The van der Waals surface area contributed by atoms with Crippen molar-refractivity contribution in [1.29, 1.82) is 0 Å². The van der Waals surface area contributed by atoms with Gasteiger partial charge in [0.2, 0.25) is 0 Å². The Labute approximate surface area is 132 Å². The number of rotatable bonds is 1. The molecule has 1 aromatic carbocycles. The number of hydrogen-bond acceptors (Lipinski definition) is 3. The maximum atomic E-state index is 12.8. The molecule has 108 valence electrons. The van der Waals surface area contributed by atoms with Gasteiger partial charge in [0.1, 0.15) is 0 Å². The van der Waals surface area contributed by atoms with Gasteiger partial charge in [-0.3, -0.25) is 9.78 Å². The molecule has 6 heteroatoms. The third-order valence-electron chi connectivity index (χ3n) is 3.55. The first kappa shape index (κ1) is 14.2. The fraction of sp³-hybridized carbons (Fsp3) is 0.200. The van der Waals surface area contributed by atoms with E-state index in [9.17, 15) is 4.79 Å². The molecule has 0 unspecified atom stereocenters. The van der Waals surface area contributed by atoms with E-state index in [4.69, 9.17) is 23.2 Å². The zero-order valence-corrected chi connectivity index (χ0v) is 12.9. The monoisotopic (exact) mass is 321 g/mol. The van der Waals surface area contributed by atoms with Gasteiger partial charge in [-0.25, -0.2) is 0 Å². The number of hydrogen-bond donors (Lipinski definition) is 0. The van der Waals surface area contributed by atoms with Crippen molar-refractivity contribution in [2.45, 2.75) is 0 Å². The van der Waals surface area contributed by atoms with E-state index in [1.54, 1.807) is 23.2 Å². The standard InChI is InChI=1S/C15H13Cl2N3O/c1-19-6-7-20(14-8-10(16)2-3-13(14)19)15(21)11-4-5-18-9-12(11)17/h2-5,8-9H,6-7H2,1H3. The van der Waals surface area contributed by atoms with Crippen molar-refractivity contribution < 1.29 is 4.79 Å². The van der Waals surface area contributed by atoms with E-state index < -0.39 is 0 Å². The number of benzene rings is 1. The van der Waals surface area contributed by atoms with E-state index in [1.165, 1.54) is 6.20 Å². The van der Waals surface area contributed by atoms with Crippen LogP contribution in [-0.2, 0) is 0 Å². The summed E-state index contributed by atoms with van der Waals surface area (Å²) in [6.45, 7) is 1.34. The molecule has 0 aliphatic carbocycles. The minimum Gasteiger partial charge on any atom is -0.371 e. The second kappa shape index (κ2) is 5.54. The number of halogens is 2. The molecule has 21 heavy (non-hydrogen) atoms. The molecule has 0 saturated carbocycles. The highest BCUT2D eigenvalue weighted by Crippen LogP contribution is 2.35. The maximum Gasteiger partial charge on any atom is 0.260 e. The molecule has 1 amide bonds. The van der Waals surface area contributed by atoms with Crippen LogP contribution in [0.5, 0.6) is 0 Å². The van der Waals surface area contributed by atoms with Crippen molar-refractivity contribution >= 4 is 40.5 Å². The fourth-order valence-corrected chi connectivity index (χ4v) is 2.80. The molecule has 0 saturated heterocycles. The van der Waals surface area contributed by atoms with E-state index in [0.29, 0.717) is 22.2 Å². The highest BCUT2D eigenvalue weighted by molar-refractivity contribution is 6.34. The second-order valence-electron chi connectivity index (χ2n) is 4.87. The third kappa shape index (κ3) is 2.57. The van der Waals surface area contributed by atoms with Gasteiger partial charge < -0.3 is 9.80 Å². The van der Waals surface area contributed by atoms with Crippen LogP contribution in [0.15, 0.2) is 36.7 Å². The largest absolute Gasteiger partial charge is 0.371 e. The zero-order chi connectivity index (χ0) is 15.0. The van der Waals surface area contributed by atoms with Crippen molar-refractivity contribution in [2.75, 3.05) is 29.9 Å². The predicted molar refractivity (Wildman–Crippen MR) is 85.6 cm³/mol. The van der Waals surface area contributed by atoms with Crippen LogP contribution in [0.4, 0.5) is 11.4 Å². The number of anilines is 2. The number of amides is 1. The highest BCUT2D eigenvalue weighted by atomic mass is 35.5. The molecule has 0 atom stereocenters. The van der Waals surface area contributed by atoms with Gasteiger partial charge in [0, 0.05) is 37.6 Å². The minimum atomic E-state index is -0.140. The van der Waals surface area contributed by atoms with Crippen LogP contribution in [0, 0.1) is 0 Å². The first-order chi connectivity index (χ1) is 10.1. The predicted octanol–water partition coefficient (Wildman–Crippen LogP) is 3.49. The summed E-state index contributed by atoms with van der Waals surface area (Å²) in [7, 11) is 1.99. The second-order valence-corrected chi connectivity index (χ2v) is 5.71. The van der Waals surface area contributed by atoms with Gasteiger partial charge in [-0.1, -0.05) is 23.2 Å². The minimum absolute atomic E-state index is 0.140. The van der Waals surface area contributed by atoms with Crippen molar-refractivity contribution in [2.24, 2.45) is 0 Å². The summed E-state index contributed by atoms with van der Waals surface area (Å²) in [5, 5.41) is 0.952. The molecule has 1 aliphatic rings. The first-order valence-corrected chi connectivity index (χ1v) is 7.25. The fourth-order valence-electron chi connectivity index (χ4n) is 2.43. The van der Waals surface area contributed by atoms with Crippen LogP contribution in [-0.4, -0.2) is 31.0 Å². The van der Waals surface area contributed by atoms with Gasteiger partial charge in [-0.05, 0) is 24.3 Å². The first-order valence-electron chi connectivity index (χ1n) is 6.50. The third-order valence-corrected chi connectivity index (χ3v) is 4.08. The Morgan fingerprint density at radius 3 is 2.76 bits per heavy atom. The van der Waals surface area contributed by atoms with Crippen molar-refractivity contribution in [3.63, 3.8) is 0 Å². The lowest BCUT2D eigenvalue weighted by molar-refractivity contribution is 0.0987. The lowest BCUT2D eigenvalue weighted by Gasteiger charge is -2.35. The number of pyridine rings is 1. The summed E-state index contributed by atoms with van der Waals surface area (Å²) in [6, 6.07) is 7.18. The summed E-state index contributed by atoms with van der Waals surface area (Å²) < 4.78 is 0. The van der Waals surface area contributed by atoms with Gasteiger partial charge in [-0.15, -0.1) is 0 Å². The molecule has 0 radical (unpaired) electrons. The van der Waals surface area contributed by atoms with Crippen molar-refractivity contribution in [1.82, 2.24) is 4.98 Å². The number of fused-ring (bicyclic) bond motifs is 1. The van der Waals surface area contributed by atoms with Gasteiger partial charge >= 0.3 is 0 Å². The lowest BCUT2D eigenvalue weighted by Crippen LogP contribution is -2.42. The molecule has 1 aromatic heterocycles. The lowest BCUT2D eigenvalue weighted by atomic mass is 10.1. The molecule has 0 bridgehead atoms. The molecule has 0 spiro atoms. The Morgan fingerprint density at radius 2 is 2.00 bits per heavy atom. The van der Waals surface area contributed by atoms with E-state index >= 15 is 0 Å². The topological polar surface area (TPSA) is 36.4 Å². The van der Waals surface area contributed by atoms with Crippen LogP contribution in [0.25, 0.3) is 0 Å². The average molecular weight is 322 g/mol. The van der Waals surface area contributed by atoms with E-state index in [2.05, 4.69) is 9.88 Å². The molecular weight excluding hydrogens is 309 g/mol. The van der Waals surface area contributed by atoms with Crippen molar-refractivity contribution in [3.8, 4) is 0 Å². The summed E-state index contributed by atoms with van der Waals surface area (Å²) >= 11 is 12.2. The van der Waals surface area contributed by atoms with Crippen LogP contribution in [0.3, 0.4) is 0 Å². The quantitative estimate of drug-likeness (QED) is 0.806. The summed E-state index contributed by atoms with van der Waals surface area (Å²) in [5.41, 5.74) is 2.22. The molecule has 0 fully saturated rings. The van der Waals surface area contributed by atoms with Gasteiger partial charge in [0.15, 0.2) is 0 Å². The Kier molecular flexibility index (Phi) is 3.74. The molecule has 2 heterocycles. The van der Waals surface area contributed by atoms with Gasteiger partial charge in [0.25, 0.3) is 5.91 Å². The zero-order valence-electron chi connectivity index (χ0n) is 11.4. The number of aromatic nitrogens is 1.